The Bertz CT molecular complexity index is 362. The van der Waals surface area contributed by atoms with Crippen molar-refractivity contribution in [3.63, 3.8) is 0 Å². The molecule has 1 atom stereocenters. The molecule has 0 radical (unpaired) electrons. The smallest absolute Gasteiger partial charge is 0.226 e. The van der Waals surface area contributed by atoms with Crippen molar-refractivity contribution in [3.05, 3.63) is 11.8 Å². The Labute approximate surface area is 102 Å². The van der Waals surface area contributed by atoms with Gasteiger partial charge in [-0.05, 0) is 26.3 Å². The first-order chi connectivity index (χ1) is 8.28. The maximum Gasteiger partial charge on any atom is 0.226 e. The van der Waals surface area contributed by atoms with Crippen LogP contribution < -0.4 is 15.4 Å². The van der Waals surface area contributed by atoms with E-state index in [1.54, 1.807) is 7.11 Å². The van der Waals surface area contributed by atoms with Gasteiger partial charge in [0.05, 0.1) is 7.11 Å². The van der Waals surface area contributed by atoms with Gasteiger partial charge in [-0.1, -0.05) is 6.42 Å². The summed E-state index contributed by atoms with van der Waals surface area (Å²) in [6.07, 6.45) is 3.65. The zero-order valence-electron chi connectivity index (χ0n) is 10.5. The highest BCUT2D eigenvalue weighted by Crippen LogP contribution is 2.14. The highest BCUT2D eigenvalue weighted by Gasteiger charge is 2.13. The number of rotatable bonds is 3. The second-order valence-electron chi connectivity index (χ2n) is 4.42. The molecule has 2 heterocycles. The van der Waals surface area contributed by atoms with Crippen molar-refractivity contribution in [1.29, 1.82) is 0 Å². The van der Waals surface area contributed by atoms with Crippen LogP contribution in [0.4, 0.5) is 5.95 Å². The fourth-order valence-corrected chi connectivity index (χ4v) is 2.03. The summed E-state index contributed by atoms with van der Waals surface area (Å²) in [7, 11) is 1.62. The lowest BCUT2D eigenvalue weighted by molar-refractivity contribution is 0.396. The Kier molecular flexibility index (Phi) is 4.14. The molecule has 5 nitrogen and oxygen atoms in total. The second kappa shape index (κ2) is 5.82. The summed E-state index contributed by atoms with van der Waals surface area (Å²) in [5.74, 6) is 1.28. The monoisotopic (exact) mass is 236 g/mol. The van der Waals surface area contributed by atoms with Gasteiger partial charge in [0.1, 0.15) is 0 Å². The molecule has 0 saturated carbocycles. The Morgan fingerprint density at radius 3 is 3.12 bits per heavy atom. The molecule has 1 fully saturated rings. The minimum Gasteiger partial charge on any atom is -0.481 e. The van der Waals surface area contributed by atoms with E-state index in [4.69, 9.17) is 4.74 Å². The third kappa shape index (κ3) is 3.56. The largest absolute Gasteiger partial charge is 0.481 e. The molecule has 5 heteroatoms. The lowest BCUT2D eigenvalue weighted by Crippen LogP contribution is -2.31. The van der Waals surface area contributed by atoms with Gasteiger partial charge in [-0.3, -0.25) is 0 Å². The zero-order valence-corrected chi connectivity index (χ0v) is 10.5. The summed E-state index contributed by atoms with van der Waals surface area (Å²) in [4.78, 5) is 8.68. The number of aromatic nitrogens is 2. The fourth-order valence-electron chi connectivity index (χ4n) is 2.03. The molecular formula is C12H20N4O. The average molecular weight is 236 g/mol. The van der Waals surface area contributed by atoms with Crippen molar-refractivity contribution in [2.75, 3.05) is 25.5 Å². The van der Waals surface area contributed by atoms with Crippen LogP contribution in [-0.4, -0.2) is 36.2 Å². The first-order valence-electron chi connectivity index (χ1n) is 6.15. The number of hydrogen-bond donors (Lipinski definition) is 2. The number of aryl methyl sites for hydroxylation is 1. The number of methoxy groups -OCH3 is 1. The molecule has 2 rings (SSSR count). The maximum atomic E-state index is 5.14. The summed E-state index contributed by atoms with van der Waals surface area (Å²) < 4.78 is 5.14. The maximum absolute atomic E-state index is 5.14. The van der Waals surface area contributed by atoms with Crippen LogP contribution >= 0.6 is 0 Å². The molecule has 94 valence electrons. The summed E-state index contributed by atoms with van der Waals surface area (Å²) in [6, 6.07) is 2.24. The van der Waals surface area contributed by atoms with E-state index in [1.807, 2.05) is 13.0 Å². The third-order valence-electron chi connectivity index (χ3n) is 2.92. The lowest BCUT2D eigenvalue weighted by Gasteiger charge is -2.16. The van der Waals surface area contributed by atoms with Crippen molar-refractivity contribution in [2.24, 2.45) is 0 Å². The topological polar surface area (TPSA) is 59.1 Å². The van der Waals surface area contributed by atoms with Gasteiger partial charge in [0.25, 0.3) is 0 Å². The van der Waals surface area contributed by atoms with E-state index in [0.717, 1.165) is 25.2 Å². The number of anilines is 1. The molecule has 1 aliphatic heterocycles. The zero-order chi connectivity index (χ0) is 12.1. The van der Waals surface area contributed by atoms with Gasteiger partial charge in [0, 0.05) is 24.3 Å². The minimum atomic E-state index is 0.406. The van der Waals surface area contributed by atoms with Crippen molar-refractivity contribution >= 4 is 5.95 Å². The van der Waals surface area contributed by atoms with Gasteiger partial charge in [-0.25, -0.2) is 4.98 Å². The van der Waals surface area contributed by atoms with Gasteiger partial charge in [0.15, 0.2) is 0 Å². The Hall–Kier alpha value is -1.36. The number of nitrogens with zero attached hydrogens (tertiary/aromatic N) is 2. The Morgan fingerprint density at radius 1 is 1.41 bits per heavy atom. The van der Waals surface area contributed by atoms with E-state index in [9.17, 15) is 0 Å². The molecule has 1 saturated heterocycles. The van der Waals surface area contributed by atoms with Crippen molar-refractivity contribution in [2.45, 2.75) is 32.2 Å². The highest BCUT2D eigenvalue weighted by molar-refractivity contribution is 5.31. The van der Waals surface area contributed by atoms with E-state index in [0.29, 0.717) is 17.9 Å². The van der Waals surface area contributed by atoms with E-state index in [2.05, 4.69) is 20.6 Å². The van der Waals surface area contributed by atoms with Crippen LogP contribution in [0.15, 0.2) is 6.07 Å². The Morgan fingerprint density at radius 2 is 2.29 bits per heavy atom. The van der Waals surface area contributed by atoms with Gasteiger partial charge in [0.2, 0.25) is 11.8 Å². The molecular weight excluding hydrogens is 216 g/mol. The van der Waals surface area contributed by atoms with Crippen LogP contribution in [0.5, 0.6) is 5.88 Å². The summed E-state index contributed by atoms with van der Waals surface area (Å²) in [5, 5.41) is 6.78. The molecule has 2 N–H and O–H groups in total. The van der Waals surface area contributed by atoms with E-state index < -0.39 is 0 Å². The predicted octanol–water partition coefficient (Wildman–Crippen LogP) is 1.35. The highest BCUT2D eigenvalue weighted by atomic mass is 16.5. The summed E-state index contributed by atoms with van der Waals surface area (Å²) >= 11 is 0. The number of nitrogens with one attached hydrogen (secondary N) is 2. The van der Waals surface area contributed by atoms with Crippen LogP contribution in [0.2, 0.25) is 0 Å². The fraction of sp³-hybridized carbons (Fsp3) is 0.667. The third-order valence-corrected chi connectivity index (χ3v) is 2.92. The molecule has 0 bridgehead atoms. The van der Waals surface area contributed by atoms with Crippen LogP contribution in [0.25, 0.3) is 0 Å². The quantitative estimate of drug-likeness (QED) is 0.829. The minimum absolute atomic E-state index is 0.406. The van der Waals surface area contributed by atoms with Crippen LogP contribution in [0.3, 0.4) is 0 Å². The first-order valence-corrected chi connectivity index (χ1v) is 6.15. The van der Waals surface area contributed by atoms with Crippen LogP contribution in [-0.2, 0) is 0 Å². The second-order valence-corrected chi connectivity index (χ2v) is 4.42. The molecule has 0 amide bonds. The molecule has 0 aromatic carbocycles. The van der Waals surface area contributed by atoms with E-state index in [1.165, 1.54) is 12.8 Å². The number of hydrogen-bond acceptors (Lipinski definition) is 5. The van der Waals surface area contributed by atoms with E-state index >= 15 is 0 Å². The number of ether oxygens (including phenoxy) is 1. The molecule has 1 aromatic heterocycles. The molecule has 0 spiro atoms. The average Bonchev–Trinajstić information content (AvgIpc) is 2.57. The molecule has 1 unspecified atom stereocenters. The molecule has 1 aromatic rings. The van der Waals surface area contributed by atoms with Crippen molar-refractivity contribution < 1.29 is 4.74 Å². The van der Waals surface area contributed by atoms with E-state index in [-0.39, 0.29) is 0 Å². The van der Waals surface area contributed by atoms with Gasteiger partial charge in [-0.2, -0.15) is 4.98 Å². The van der Waals surface area contributed by atoms with Crippen molar-refractivity contribution in [1.82, 2.24) is 15.3 Å². The molecule has 1 aliphatic rings. The standard InChI is InChI=1S/C12H20N4O/c1-9-7-11(17-2)16-12(14-9)15-10-5-3-4-6-13-8-10/h7,10,13H,3-6,8H2,1-2H3,(H,14,15,16). The van der Waals surface area contributed by atoms with Gasteiger partial charge < -0.3 is 15.4 Å². The Balaban J connectivity index is 2.03. The SMILES string of the molecule is COc1cc(C)nc(NC2CCCCNC2)n1. The lowest BCUT2D eigenvalue weighted by atomic mass is 10.1. The van der Waals surface area contributed by atoms with Crippen LogP contribution in [0, 0.1) is 6.92 Å². The predicted molar refractivity (Wildman–Crippen MR) is 67.5 cm³/mol. The summed E-state index contributed by atoms with van der Waals surface area (Å²) in [5.41, 5.74) is 0.918. The van der Waals surface area contributed by atoms with Gasteiger partial charge >= 0.3 is 0 Å². The first kappa shape index (κ1) is 12.1. The summed E-state index contributed by atoms with van der Waals surface area (Å²) in [6.45, 7) is 4.02. The molecule has 0 aliphatic carbocycles. The van der Waals surface area contributed by atoms with Gasteiger partial charge in [-0.15, -0.1) is 0 Å². The van der Waals surface area contributed by atoms with Crippen LogP contribution in [0.1, 0.15) is 25.0 Å². The molecule has 17 heavy (non-hydrogen) atoms. The van der Waals surface area contributed by atoms with Crippen molar-refractivity contribution in [3.8, 4) is 5.88 Å². The normalized spacial score (nSPS) is 20.7.